The summed E-state index contributed by atoms with van der Waals surface area (Å²) in [4.78, 5) is 38.6. The Kier molecular flexibility index (Phi) is 5.93. The lowest BCUT2D eigenvalue weighted by atomic mass is 10.2. The number of nitrogens with one attached hydrogen (secondary N) is 1. The Morgan fingerprint density at radius 2 is 1.97 bits per heavy atom. The molecule has 0 radical (unpaired) electrons. The van der Waals surface area contributed by atoms with Gasteiger partial charge in [0.25, 0.3) is 17.5 Å². The van der Waals surface area contributed by atoms with E-state index in [9.17, 15) is 19.7 Å². The van der Waals surface area contributed by atoms with E-state index in [4.69, 9.17) is 9.26 Å². The first-order valence-electron chi connectivity index (χ1n) is 8.54. The number of carbonyl (C=O) groups is 2. The monoisotopic (exact) mass is 396 g/mol. The summed E-state index contributed by atoms with van der Waals surface area (Å²) in [6, 6.07) is 13.3. The summed E-state index contributed by atoms with van der Waals surface area (Å²) < 4.78 is 10.1. The summed E-state index contributed by atoms with van der Waals surface area (Å²) >= 11 is 0. The number of amides is 1. The van der Waals surface area contributed by atoms with Crippen molar-refractivity contribution >= 4 is 17.6 Å². The third-order valence-corrected chi connectivity index (χ3v) is 3.86. The van der Waals surface area contributed by atoms with Gasteiger partial charge in [-0.15, -0.1) is 0 Å². The van der Waals surface area contributed by atoms with Crippen LogP contribution in [-0.4, -0.2) is 33.0 Å². The molecular weight excluding hydrogens is 380 g/mol. The first-order valence-corrected chi connectivity index (χ1v) is 8.54. The van der Waals surface area contributed by atoms with Crippen LogP contribution in [0.3, 0.4) is 0 Å². The topological polar surface area (TPSA) is 137 Å². The van der Waals surface area contributed by atoms with Gasteiger partial charge in [-0.2, -0.15) is 4.98 Å². The smallest absolute Gasteiger partial charge is 0.328 e. The van der Waals surface area contributed by atoms with Crippen LogP contribution in [0.15, 0.2) is 59.1 Å². The number of hydrogen-bond donors (Lipinski definition) is 1. The summed E-state index contributed by atoms with van der Waals surface area (Å²) in [6.07, 6.45) is 0. The van der Waals surface area contributed by atoms with E-state index in [1.54, 1.807) is 0 Å². The first-order chi connectivity index (χ1) is 13.9. The highest BCUT2D eigenvalue weighted by Gasteiger charge is 2.20. The normalized spacial score (nSPS) is 11.5. The minimum absolute atomic E-state index is 0.0586. The van der Waals surface area contributed by atoms with Gasteiger partial charge >= 0.3 is 5.97 Å². The van der Waals surface area contributed by atoms with Crippen molar-refractivity contribution in [1.82, 2.24) is 15.5 Å². The van der Waals surface area contributed by atoms with Gasteiger partial charge in [-0.3, -0.25) is 14.9 Å². The molecule has 148 valence electrons. The molecule has 0 fully saturated rings. The van der Waals surface area contributed by atoms with Gasteiger partial charge in [-0.25, -0.2) is 4.79 Å². The van der Waals surface area contributed by atoms with Crippen LogP contribution in [0.4, 0.5) is 5.69 Å². The summed E-state index contributed by atoms with van der Waals surface area (Å²) in [5.74, 6) is -0.886. The van der Waals surface area contributed by atoms with Crippen molar-refractivity contribution in [1.29, 1.82) is 0 Å². The molecule has 1 atom stereocenters. The van der Waals surface area contributed by atoms with Gasteiger partial charge in [0, 0.05) is 23.3 Å². The van der Waals surface area contributed by atoms with E-state index >= 15 is 0 Å². The number of ether oxygens (including phenoxy) is 1. The molecule has 0 aliphatic carbocycles. The third-order valence-electron chi connectivity index (χ3n) is 3.86. The number of nitro benzene ring substituents is 1. The van der Waals surface area contributed by atoms with E-state index in [0.29, 0.717) is 5.82 Å². The summed E-state index contributed by atoms with van der Waals surface area (Å²) in [5, 5.41) is 17.0. The van der Waals surface area contributed by atoms with Gasteiger partial charge in [0.2, 0.25) is 5.82 Å². The van der Waals surface area contributed by atoms with Crippen LogP contribution in [0, 0.1) is 10.1 Å². The average Bonchev–Trinajstić information content (AvgIpc) is 3.21. The van der Waals surface area contributed by atoms with E-state index in [2.05, 4.69) is 15.5 Å². The third kappa shape index (κ3) is 5.01. The largest absolute Gasteiger partial charge is 0.454 e. The zero-order valence-electron chi connectivity index (χ0n) is 15.3. The van der Waals surface area contributed by atoms with Crippen LogP contribution in [0.25, 0.3) is 11.4 Å². The number of nitrogens with zero attached hydrogens (tertiary/aromatic N) is 3. The standard InChI is InChI=1S/C19H16N4O6/c1-12(20-18(24)14-8-5-9-15(10-14)23(26)27)19(25)28-11-16-21-17(22-29-16)13-6-3-2-4-7-13/h2-10,12H,11H2,1H3,(H,20,24)/t12-/m1/s1. The van der Waals surface area contributed by atoms with Crippen LogP contribution < -0.4 is 5.32 Å². The molecule has 0 spiro atoms. The van der Waals surface area contributed by atoms with Gasteiger partial charge in [0.1, 0.15) is 6.04 Å². The summed E-state index contributed by atoms with van der Waals surface area (Å²) in [5.41, 5.74) is 0.591. The molecule has 1 heterocycles. The summed E-state index contributed by atoms with van der Waals surface area (Å²) in [6.45, 7) is 1.18. The van der Waals surface area contributed by atoms with E-state index in [1.807, 2.05) is 30.3 Å². The van der Waals surface area contributed by atoms with Crippen molar-refractivity contribution < 1.29 is 23.8 Å². The SMILES string of the molecule is C[C@@H](NC(=O)c1cccc([N+](=O)[O-])c1)C(=O)OCc1nc(-c2ccccc2)no1. The molecule has 1 N–H and O–H groups in total. The average molecular weight is 396 g/mol. The Hall–Kier alpha value is -4.08. The lowest BCUT2D eigenvalue weighted by molar-refractivity contribution is -0.384. The molecular formula is C19H16N4O6. The minimum atomic E-state index is -0.988. The predicted octanol–water partition coefficient (Wildman–Crippen LogP) is 2.51. The number of carbonyl (C=O) groups excluding carboxylic acids is 2. The summed E-state index contributed by atoms with van der Waals surface area (Å²) in [7, 11) is 0. The highest BCUT2D eigenvalue weighted by Crippen LogP contribution is 2.15. The molecule has 1 amide bonds. The lowest BCUT2D eigenvalue weighted by Crippen LogP contribution is -2.39. The van der Waals surface area contributed by atoms with Gasteiger partial charge < -0.3 is 14.6 Å². The fourth-order valence-corrected chi connectivity index (χ4v) is 2.38. The van der Waals surface area contributed by atoms with E-state index < -0.39 is 22.8 Å². The second kappa shape index (κ2) is 8.74. The van der Waals surface area contributed by atoms with Crippen molar-refractivity contribution in [2.75, 3.05) is 0 Å². The molecule has 3 rings (SSSR count). The molecule has 0 aliphatic rings. The Labute approximate surface area is 164 Å². The first kappa shape index (κ1) is 19.7. The molecule has 0 aliphatic heterocycles. The van der Waals surface area contributed by atoms with Crippen LogP contribution in [-0.2, 0) is 16.1 Å². The number of rotatable bonds is 7. The predicted molar refractivity (Wildman–Crippen MR) is 99.6 cm³/mol. The molecule has 0 saturated carbocycles. The second-order valence-electron chi connectivity index (χ2n) is 5.99. The van der Waals surface area contributed by atoms with Crippen molar-refractivity contribution in [3.63, 3.8) is 0 Å². The fourth-order valence-electron chi connectivity index (χ4n) is 2.38. The van der Waals surface area contributed by atoms with Crippen LogP contribution in [0.1, 0.15) is 23.2 Å². The Morgan fingerprint density at radius 3 is 2.69 bits per heavy atom. The molecule has 0 bridgehead atoms. The van der Waals surface area contributed by atoms with Gasteiger partial charge in [-0.05, 0) is 13.0 Å². The Balaban J connectivity index is 1.54. The lowest BCUT2D eigenvalue weighted by Gasteiger charge is -2.12. The van der Waals surface area contributed by atoms with Gasteiger partial charge in [0.15, 0.2) is 6.61 Å². The molecule has 0 saturated heterocycles. The van der Waals surface area contributed by atoms with Crippen molar-refractivity contribution in [3.8, 4) is 11.4 Å². The maximum absolute atomic E-state index is 12.2. The quantitative estimate of drug-likeness (QED) is 0.365. The van der Waals surface area contributed by atoms with E-state index in [1.165, 1.54) is 25.1 Å². The van der Waals surface area contributed by atoms with Crippen LogP contribution >= 0.6 is 0 Å². The molecule has 3 aromatic rings. The molecule has 10 heteroatoms. The van der Waals surface area contributed by atoms with E-state index in [-0.39, 0.29) is 23.7 Å². The maximum atomic E-state index is 12.2. The fraction of sp³-hybridized carbons (Fsp3) is 0.158. The zero-order chi connectivity index (χ0) is 20.8. The second-order valence-corrected chi connectivity index (χ2v) is 5.99. The highest BCUT2D eigenvalue weighted by atomic mass is 16.6. The van der Waals surface area contributed by atoms with Crippen molar-refractivity contribution in [2.24, 2.45) is 0 Å². The number of benzene rings is 2. The maximum Gasteiger partial charge on any atom is 0.328 e. The zero-order valence-corrected chi connectivity index (χ0v) is 15.3. The van der Waals surface area contributed by atoms with E-state index in [0.717, 1.165) is 11.6 Å². The van der Waals surface area contributed by atoms with Crippen molar-refractivity contribution in [3.05, 3.63) is 76.2 Å². The number of esters is 1. The van der Waals surface area contributed by atoms with Crippen molar-refractivity contribution in [2.45, 2.75) is 19.6 Å². The van der Waals surface area contributed by atoms with Crippen LogP contribution in [0.5, 0.6) is 0 Å². The van der Waals surface area contributed by atoms with Crippen LogP contribution in [0.2, 0.25) is 0 Å². The number of nitro groups is 1. The molecule has 29 heavy (non-hydrogen) atoms. The number of non-ortho nitro benzene ring substituents is 1. The molecule has 1 aromatic heterocycles. The number of hydrogen-bond acceptors (Lipinski definition) is 8. The Bertz CT molecular complexity index is 1030. The number of aromatic nitrogens is 2. The Morgan fingerprint density at radius 1 is 1.21 bits per heavy atom. The molecule has 10 nitrogen and oxygen atoms in total. The van der Waals surface area contributed by atoms with Gasteiger partial charge in [0.05, 0.1) is 4.92 Å². The minimum Gasteiger partial charge on any atom is -0.454 e. The molecule has 2 aromatic carbocycles. The molecule has 0 unspecified atom stereocenters. The van der Waals surface area contributed by atoms with Gasteiger partial charge in [-0.1, -0.05) is 41.6 Å². The highest BCUT2D eigenvalue weighted by molar-refractivity contribution is 5.97.